The Labute approximate surface area is 74.4 Å². The molecule has 2 spiro atoms. The van der Waals surface area contributed by atoms with Gasteiger partial charge < -0.3 is 0 Å². The summed E-state index contributed by atoms with van der Waals surface area (Å²) in [5.41, 5.74) is 1.10. The first-order valence-corrected chi connectivity index (χ1v) is 5.28. The third-order valence-corrected chi connectivity index (χ3v) is 3.94. The Morgan fingerprint density at radius 3 is 1.33 bits per heavy atom. The number of hydrogen-bond donors (Lipinski definition) is 0. The zero-order valence-corrected chi connectivity index (χ0v) is 7.55. The molecule has 0 unspecified atom stereocenters. The number of fused-ring (bicyclic) bond motifs is 1. The van der Waals surface area contributed by atoms with Crippen LogP contribution in [0.4, 0.5) is 0 Å². The Kier molecular flexibility index (Phi) is 1.18. The van der Waals surface area contributed by atoms with Crippen molar-refractivity contribution in [3.63, 3.8) is 0 Å². The molecular weight excluding hydrogens is 144 g/mol. The predicted molar refractivity (Wildman–Crippen MR) is 50.8 cm³/mol. The Morgan fingerprint density at radius 2 is 1.00 bits per heavy atom. The quantitative estimate of drug-likeness (QED) is 0.476. The van der Waals surface area contributed by atoms with Crippen LogP contribution in [0.2, 0.25) is 0 Å². The predicted octanol–water partition coefficient (Wildman–Crippen LogP) is 3.45. The molecule has 1 saturated carbocycles. The minimum atomic E-state index is 0.549. The minimum Gasteiger partial charge on any atom is -0.0765 e. The normalized spacial score (nSPS) is 33.3. The average Bonchev–Trinajstić information content (AvgIpc) is 2.90. The van der Waals surface area contributed by atoms with Gasteiger partial charge >= 0.3 is 0 Å². The van der Waals surface area contributed by atoms with Crippen LogP contribution < -0.4 is 0 Å². The molecular formula is C12H16. The fourth-order valence-corrected chi connectivity index (χ4v) is 2.81. The van der Waals surface area contributed by atoms with Gasteiger partial charge in [0.1, 0.15) is 0 Å². The Morgan fingerprint density at radius 1 is 0.583 bits per heavy atom. The van der Waals surface area contributed by atoms with Gasteiger partial charge in [0, 0.05) is 10.8 Å². The van der Waals surface area contributed by atoms with Crippen LogP contribution in [0.5, 0.6) is 0 Å². The standard InChI is InChI=1S/C12H16/c1-2-4-6-12(9-10-12)11(5-3-1)7-8-11/h7-10H,1-6H2. The average molecular weight is 160 g/mol. The second-order valence-corrected chi connectivity index (χ2v) is 4.66. The van der Waals surface area contributed by atoms with E-state index < -0.39 is 0 Å². The zero-order chi connectivity index (χ0) is 8.07. The maximum atomic E-state index is 2.44. The SMILES string of the molecule is C1=CC12CCCCCCC21C=C1. The van der Waals surface area contributed by atoms with Crippen molar-refractivity contribution >= 4 is 0 Å². The van der Waals surface area contributed by atoms with Gasteiger partial charge in [-0.15, -0.1) is 0 Å². The van der Waals surface area contributed by atoms with E-state index in [4.69, 9.17) is 0 Å². The van der Waals surface area contributed by atoms with Crippen LogP contribution in [-0.2, 0) is 0 Å². The summed E-state index contributed by atoms with van der Waals surface area (Å²) >= 11 is 0. The third-order valence-electron chi connectivity index (χ3n) is 3.94. The summed E-state index contributed by atoms with van der Waals surface area (Å²) in [6.45, 7) is 0. The van der Waals surface area contributed by atoms with E-state index in [9.17, 15) is 0 Å². The number of rotatable bonds is 0. The molecule has 3 rings (SSSR count). The molecule has 0 radical (unpaired) electrons. The molecule has 0 aromatic carbocycles. The van der Waals surface area contributed by atoms with Gasteiger partial charge in [-0.3, -0.25) is 0 Å². The van der Waals surface area contributed by atoms with Crippen LogP contribution in [0.3, 0.4) is 0 Å². The van der Waals surface area contributed by atoms with Gasteiger partial charge in [-0.1, -0.05) is 50.0 Å². The lowest BCUT2D eigenvalue weighted by molar-refractivity contribution is 0.273. The highest BCUT2D eigenvalue weighted by Crippen LogP contribution is 2.65. The van der Waals surface area contributed by atoms with Crippen LogP contribution in [0.1, 0.15) is 38.5 Å². The van der Waals surface area contributed by atoms with E-state index in [0.717, 1.165) is 0 Å². The third kappa shape index (κ3) is 0.784. The Hall–Kier alpha value is -0.520. The molecule has 0 heterocycles. The molecule has 12 heavy (non-hydrogen) atoms. The molecule has 0 aliphatic heterocycles. The van der Waals surface area contributed by atoms with Gasteiger partial charge in [0.2, 0.25) is 0 Å². The summed E-state index contributed by atoms with van der Waals surface area (Å²) in [5, 5.41) is 0. The summed E-state index contributed by atoms with van der Waals surface area (Å²) in [4.78, 5) is 0. The second kappa shape index (κ2) is 2.04. The summed E-state index contributed by atoms with van der Waals surface area (Å²) < 4.78 is 0. The lowest BCUT2D eigenvalue weighted by Crippen LogP contribution is -2.22. The van der Waals surface area contributed by atoms with E-state index in [1.165, 1.54) is 38.5 Å². The van der Waals surface area contributed by atoms with E-state index in [-0.39, 0.29) is 0 Å². The van der Waals surface area contributed by atoms with Crippen LogP contribution in [0, 0.1) is 10.8 Å². The van der Waals surface area contributed by atoms with Gasteiger partial charge in [-0.2, -0.15) is 0 Å². The molecule has 3 aliphatic rings. The number of hydrogen-bond acceptors (Lipinski definition) is 0. The van der Waals surface area contributed by atoms with Crippen molar-refractivity contribution in [2.24, 2.45) is 10.8 Å². The second-order valence-electron chi connectivity index (χ2n) is 4.66. The minimum absolute atomic E-state index is 0.549. The monoisotopic (exact) mass is 160 g/mol. The molecule has 1 fully saturated rings. The number of allylic oxidation sites excluding steroid dienone is 4. The molecule has 0 nitrogen and oxygen atoms in total. The Balaban J connectivity index is 1.79. The molecule has 0 aromatic rings. The van der Waals surface area contributed by atoms with E-state index in [1.54, 1.807) is 0 Å². The molecule has 0 amide bonds. The molecule has 0 heteroatoms. The van der Waals surface area contributed by atoms with E-state index in [1.807, 2.05) is 0 Å². The summed E-state index contributed by atoms with van der Waals surface area (Å²) in [7, 11) is 0. The van der Waals surface area contributed by atoms with Crippen molar-refractivity contribution < 1.29 is 0 Å². The van der Waals surface area contributed by atoms with Crippen molar-refractivity contribution in [1.29, 1.82) is 0 Å². The Bertz CT molecular complexity index is 217. The summed E-state index contributed by atoms with van der Waals surface area (Å²) in [6, 6.07) is 0. The van der Waals surface area contributed by atoms with Crippen LogP contribution in [0.25, 0.3) is 0 Å². The van der Waals surface area contributed by atoms with Gasteiger partial charge in [0.05, 0.1) is 0 Å². The molecule has 64 valence electrons. The fourth-order valence-electron chi connectivity index (χ4n) is 2.81. The highest BCUT2D eigenvalue weighted by molar-refractivity contribution is 5.46. The van der Waals surface area contributed by atoms with E-state index in [2.05, 4.69) is 24.3 Å². The first kappa shape index (κ1) is 6.94. The van der Waals surface area contributed by atoms with Gasteiger partial charge in [0.15, 0.2) is 0 Å². The summed E-state index contributed by atoms with van der Waals surface area (Å²) in [6.07, 6.45) is 18.4. The van der Waals surface area contributed by atoms with Crippen molar-refractivity contribution in [1.82, 2.24) is 0 Å². The van der Waals surface area contributed by atoms with Gasteiger partial charge in [-0.25, -0.2) is 0 Å². The van der Waals surface area contributed by atoms with E-state index in [0.29, 0.717) is 10.8 Å². The van der Waals surface area contributed by atoms with Crippen LogP contribution >= 0.6 is 0 Å². The lowest BCUT2D eigenvalue weighted by atomic mass is 9.73. The molecule has 0 N–H and O–H groups in total. The first-order chi connectivity index (χ1) is 5.87. The highest BCUT2D eigenvalue weighted by Gasteiger charge is 2.55. The van der Waals surface area contributed by atoms with Crippen molar-refractivity contribution in [2.45, 2.75) is 38.5 Å². The topological polar surface area (TPSA) is 0 Å². The zero-order valence-electron chi connectivity index (χ0n) is 7.55. The van der Waals surface area contributed by atoms with Gasteiger partial charge in [-0.05, 0) is 12.8 Å². The fraction of sp³-hybridized carbons (Fsp3) is 0.667. The maximum absolute atomic E-state index is 2.44. The van der Waals surface area contributed by atoms with Crippen molar-refractivity contribution in [3.8, 4) is 0 Å². The molecule has 0 saturated heterocycles. The molecule has 0 aromatic heterocycles. The largest absolute Gasteiger partial charge is 0.0765 e. The lowest BCUT2D eigenvalue weighted by Gasteiger charge is -2.30. The smallest absolute Gasteiger partial charge is 0.0188 e. The molecule has 0 bridgehead atoms. The van der Waals surface area contributed by atoms with Gasteiger partial charge in [0.25, 0.3) is 0 Å². The van der Waals surface area contributed by atoms with Crippen LogP contribution in [-0.4, -0.2) is 0 Å². The molecule has 3 aliphatic carbocycles. The highest BCUT2D eigenvalue weighted by atomic mass is 14.6. The summed E-state index contributed by atoms with van der Waals surface area (Å²) in [5.74, 6) is 0. The van der Waals surface area contributed by atoms with E-state index >= 15 is 0 Å². The van der Waals surface area contributed by atoms with Crippen LogP contribution in [0.15, 0.2) is 24.3 Å². The first-order valence-electron chi connectivity index (χ1n) is 5.28. The van der Waals surface area contributed by atoms with Crippen molar-refractivity contribution in [3.05, 3.63) is 24.3 Å². The maximum Gasteiger partial charge on any atom is 0.0188 e. The van der Waals surface area contributed by atoms with Crippen molar-refractivity contribution in [2.75, 3.05) is 0 Å². The molecule has 0 atom stereocenters.